The lowest BCUT2D eigenvalue weighted by Crippen LogP contribution is -2.12. The number of carbonyl (C=O) groups excluding carboxylic acids is 1. The van der Waals surface area contributed by atoms with Crippen molar-refractivity contribution >= 4 is 28.3 Å². The predicted molar refractivity (Wildman–Crippen MR) is 105 cm³/mol. The third-order valence-electron chi connectivity index (χ3n) is 4.47. The van der Waals surface area contributed by atoms with E-state index in [0.717, 1.165) is 27.9 Å². The molecule has 6 nitrogen and oxygen atoms in total. The normalized spacial score (nSPS) is 11.1. The molecule has 0 unspecified atom stereocenters. The van der Waals surface area contributed by atoms with Crippen molar-refractivity contribution in [2.75, 3.05) is 5.32 Å². The molecule has 1 amide bonds. The highest BCUT2D eigenvalue weighted by atomic mass is 16.1. The van der Waals surface area contributed by atoms with Gasteiger partial charge in [0.1, 0.15) is 5.65 Å². The van der Waals surface area contributed by atoms with Gasteiger partial charge in [-0.2, -0.15) is 0 Å². The Bertz CT molecular complexity index is 1270. The standard InChI is InChI=1S/C21H15N5O/c27-21(24-16-6-7-17-18(11-16)23-13-22-17)15-8-9-26-12-19(25-20(26)10-15)14-4-2-1-3-5-14/h1-13H,(H,22,23)(H,24,27). The Kier molecular flexibility index (Phi) is 3.47. The minimum Gasteiger partial charge on any atom is -0.345 e. The lowest BCUT2D eigenvalue weighted by Gasteiger charge is -2.05. The van der Waals surface area contributed by atoms with E-state index in [-0.39, 0.29) is 5.91 Å². The zero-order chi connectivity index (χ0) is 18.2. The number of nitrogens with one attached hydrogen (secondary N) is 2. The van der Waals surface area contributed by atoms with E-state index in [4.69, 9.17) is 0 Å². The first kappa shape index (κ1) is 15.3. The maximum absolute atomic E-state index is 12.6. The number of nitrogens with zero attached hydrogens (tertiary/aromatic N) is 3. The van der Waals surface area contributed by atoms with E-state index in [1.165, 1.54) is 0 Å². The largest absolute Gasteiger partial charge is 0.345 e. The van der Waals surface area contributed by atoms with Gasteiger partial charge in [0.25, 0.3) is 5.91 Å². The SMILES string of the molecule is O=C(Nc1ccc2nc[nH]c2c1)c1ccn2cc(-c3ccccc3)nc2c1. The highest BCUT2D eigenvalue weighted by Gasteiger charge is 2.10. The molecule has 130 valence electrons. The van der Waals surface area contributed by atoms with E-state index in [1.54, 1.807) is 18.5 Å². The molecule has 0 saturated heterocycles. The molecule has 0 aliphatic rings. The van der Waals surface area contributed by atoms with Crippen LogP contribution in [0, 0.1) is 0 Å². The van der Waals surface area contributed by atoms with Gasteiger partial charge in [-0.25, -0.2) is 9.97 Å². The fraction of sp³-hybridized carbons (Fsp3) is 0. The Morgan fingerprint density at radius 1 is 1.04 bits per heavy atom. The summed E-state index contributed by atoms with van der Waals surface area (Å²) in [6.07, 6.45) is 5.44. The first-order valence-corrected chi connectivity index (χ1v) is 8.55. The maximum atomic E-state index is 12.6. The van der Waals surface area contributed by atoms with Gasteiger partial charge in [0.2, 0.25) is 0 Å². The number of pyridine rings is 1. The number of anilines is 1. The van der Waals surface area contributed by atoms with Crippen LogP contribution in [0.15, 0.2) is 79.4 Å². The highest BCUT2D eigenvalue weighted by molar-refractivity contribution is 6.05. The second kappa shape index (κ2) is 6.10. The first-order chi connectivity index (χ1) is 13.3. The summed E-state index contributed by atoms with van der Waals surface area (Å²) < 4.78 is 1.91. The van der Waals surface area contributed by atoms with Gasteiger partial charge in [0, 0.05) is 29.2 Å². The summed E-state index contributed by atoms with van der Waals surface area (Å²) in [4.78, 5) is 24.5. The number of amides is 1. The average molecular weight is 353 g/mol. The van der Waals surface area contributed by atoms with Gasteiger partial charge in [-0.1, -0.05) is 30.3 Å². The quantitative estimate of drug-likeness (QED) is 0.512. The summed E-state index contributed by atoms with van der Waals surface area (Å²) in [5, 5.41) is 2.92. The molecular formula is C21H15N5O. The number of imidazole rings is 2. The van der Waals surface area contributed by atoms with Crippen LogP contribution in [0.5, 0.6) is 0 Å². The van der Waals surface area contributed by atoms with Crippen LogP contribution in [-0.4, -0.2) is 25.3 Å². The monoisotopic (exact) mass is 353 g/mol. The minimum absolute atomic E-state index is 0.180. The fourth-order valence-corrected chi connectivity index (χ4v) is 3.09. The predicted octanol–water partition coefficient (Wildman–Crippen LogP) is 4.13. The van der Waals surface area contributed by atoms with Crippen LogP contribution >= 0.6 is 0 Å². The summed E-state index contributed by atoms with van der Waals surface area (Å²) in [6.45, 7) is 0. The van der Waals surface area contributed by atoms with E-state index < -0.39 is 0 Å². The molecule has 3 heterocycles. The number of carbonyl (C=O) groups is 1. The second-order valence-electron chi connectivity index (χ2n) is 6.26. The molecule has 0 saturated carbocycles. The topological polar surface area (TPSA) is 75.1 Å². The lowest BCUT2D eigenvalue weighted by atomic mass is 10.2. The van der Waals surface area contributed by atoms with E-state index in [0.29, 0.717) is 11.3 Å². The van der Waals surface area contributed by atoms with Gasteiger partial charge in [0.05, 0.1) is 23.1 Å². The van der Waals surface area contributed by atoms with Crippen molar-refractivity contribution in [2.24, 2.45) is 0 Å². The van der Waals surface area contributed by atoms with Crippen molar-refractivity contribution in [3.63, 3.8) is 0 Å². The van der Waals surface area contributed by atoms with Gasteiger partial charge in [0.15, 0.2) is 0 Å². The number of aromatic amines is 1. The maximum Gasteiger partial charge on any atom is 0.255 e. The van der Waals surface area contributed by atoms with Gasteiger partial charge in [-0.3, -0.25) is 4.79 Å². The summed E-state index contributed by atoms with van der Waals surface area (Å²) in [5.74, 6) is -0.180. The third-order valence-corrected chi connectivity index (χ3v) is 4.47. The Morgan fingerprint density at radius 2 is 1.93 bits per heavy atom. The van der Waals surface area contributed by atoms with Crippen molar-refractivity contribution in [2.45, 2.75) is 0 Å². The smallest absolute Gasteiger partial charge is 0.255 e. The molecule has 5 rings (SSSR count). The van der Waals surface area contributed by atoms with Crippen LogP contribution < -0.4 is 5.32 Å². The number of rotatable bonds is 3. The van der Waals surface area contributed by atoms with Crippen molar-refractivity contribution in [3.05, 3.63) is 84.9 Å². The molecule has 3 aromatic heterocycles. The van der Waals surface area contributed by atoms with Crippen molar-refractivity contribution in [3.8, 4) is 11.3 Å². The van der Waals surface area contributed by atoms with Crippen LogP contribution in [-0.2, 0) is 0 Å². The first-order valence-electron chi connectivity index (χ1n) is 8.55. The van der Waals surface area contributed by atoms with Crippen molar-refractivity contribution in [1.29, 1.82) is 0 Å². The molecule has 0 atom stereocenters. The Labute approximate surface area is 154 Å². The van der Waals surface area contributed by atoms with Crippen LogP contribution in [0.1, 0.15) is 10.4 Å². The molecule has 0 bridgehead atoms. The third kappa shape index (κ3) is 2.83. The van der Waals surface area contributed by atoms with Crippen LogP contribution in [0.4, 0.5) is 5.69 Å². The summed E-state index contributed by atoms with van der Waals surface area (Å²) >= 11 is 0. The molecule has 27 heavy (non-hydrogen) atoms. The number of aromatic nitrogens is 4. The average Bonchev–Trinajstić information content (AvgIpc) is 3.34. The molecule has 2 aromatic carbocycles. The van der Waals surface area contributed by atoms with Crippen LogP contribution in [0.3, 0.4) is 0 Å². The zero-order valence-electron chi connectivity index (χ0n) is 14.3. The van der Waals surface area contributed by atoms with E-state index in [2.05, 4.69) is 20.3 Å². The zero-order valence-corrected chi connectivity index (χ0v) is 14.3. The molecule has 5 aromatic rings. The van der Waals surface area contributed by atoms with Gasteiger partial charge in [-0.05, 0) is 30.3 Å². The second-order valence-corrected chi connectivity index (χ2v) is 6.26. The van der Waals surface area contributed by atoms with Crippen LogP contribution in [0.2, 0.25) is 0 Å². The summed E-state index contributed by atoms with van der Waals surface area (Å²) in [5.41, 5.74) is 5.65. The molecular weight excluding hydrogens is 338 g/mol. The minimum atomic E-state index is -0.180. The summed E-state index contributed by atoms with van der Waals surface area (Å²) in [6, 6.07) is 19.1. The lowest BCUT2D eigenvalue weighted by molar-refractivity contribution is 0.102. The Morgan fingerprint density at radius 3 is 2.81 bits per heavy atom. The van der Waals surface area contributed by atoms with Crippen molar-refractivity contribution in [1.82, 2.24) is 19.4 Å². The molecule has 0 aliphatic carbocycles. The van der Waals surface area contributed by atoms with E-state index >= 15 is 0 Å². The number of fused-ring (bicyclic) bond motifs is 2. The molecule has 6 heteroatoms. The van der Waals surface area contributed by atoms with Gasteiger partial charge < -0.3 is 14.7 Å². The number of hydrogen-bond acceptors (Lipinski definition) is 3. The summed E-state index contributed by atoms with van der Waals surface area (Å²) in [7, 11) is 0. The van der Waals surface area contributed by atoms with Crippen LogP contribution in [0.25, 0.3) is 27.9 Å². The number of hydrogen-bond donors (Lipinski definition) is 2. The molecule has 0 fully saturated rings. The van der Waals surface area contributed by atoms with E-state index in [1.807, 2.05) is 65.3 Å². The molecule has 0 spiro atoms. The van der Waals surface area contributed by atoms with Gasteiger partial charge in [-0.15, -0.1) is 0 Å². The Hall–Kier alpha value is -3.93. The van der Waals surface area contributed by atoms with Gasteiger partial charge >= 0.3 is 0 Å². The van der Waals surface area contributed by atoms with E-state index in [9.17, 15) is 4.79 Å². The highest BCUT2D eigenvalue weighted by Crippen LogP contribution is 2.20. The number of benzene rings is 2. The number of H-pyrrole nitrogens is 1. The molecule has 0 aliphatic heterocycles. The fourth-order valence-electron chi connectivity index (χ4n) is 3.09. The van der Waals surface area contributed by atoms with Crippen molar-refractivity contribution < 1.29 is 4.79 Å². The molecule has 2 N–H and O–H groups in total. The molecule has 0 radical (unpaired) electrons. The Balaban J connectivity index is 1.44.